The van der Waals surface area contributed by atoms with Crippen molar-refractivity contribution in [1.29, 1.82) is 0 Å². The Morgan fingerprint density at radius 2 is 1.94 bits per heavy atom. The minimum absolute atomic E-state index is 0.570. The molecule has 0 saturated carbocycles. The Morgan fingerprint density at radius 1 is 1.18 bits per heavy atom. The van der Waals surface area contributed by atoms with E-state index in [9.17, 15) is 0 Å². The molecule has 0 heterocycles. The quantitative estimate of drug-likeness (QED) is 0.762. The summed E-state index contributed by atoms with van der Waals surface area (Å²) in [6.45, 7) is 2.12. The Bertz CT molecular complexity index is 358. The maximum Gasteiger partial charge on any atom is 0.179 e. The van der Waals surface area contributed by atoms with Crippen molar-refractivity contribution in [1.82, 2.24) is 5.32 Å². The van der Waals surface area contributed by atoms with Crippen LogP contribution in [0, 0.1) is 0 Å². The van der Waals surface area contributed by atoms with Crippen LogP contribution < -0.4 is 14.8 Å². The summed E-state index contributed by atoms with van der Waals surface area (Å²) in [6.07, 6.45) is 0. The van der Waals surface area contributed by atoms with Crippen molar-refractivity contribution in [2.75, 3.05) is 34.5 Å². The zero-order valence-corrected chi connectivity index (χ0v) is 11.1. The van der Waals surface area contributed by atoms with Crippen LogP contribution in [0.15, 0.2) is 12.1 Å². The van der Waals surface area contributed by atoms with Gasteiger partial charge in [0.25, 0.3) is 0 Å². The molecule has 96 valence electrons. The highest BCUT2D eigenvalue weighted by Crippen LogP contribution is 2.37. The minimum Gasteiger partial charge on any atom is -0.493 e. The van der Waals surface area contributed by atoms with E-state index in [1.165, 1.54) is 0 Å². The molecule has 0 saturated heterocycles. The summed E-state index contributed by atoms with van der Waals surface area (Å²) in [4.78, 5) is 0. The normalized spacial score (nSPS) is 10.4. The van der Waals surface area contributed by atoms with E-state index in [1.54, 1.807) is 21.3 Å². The first-order valence-electron chi connectivity index (χ1n) is 5.33. The third-order valence-electron chi connectivity index (χ3n) is 2.36. The Labute approximate surface area is 107 Å². The van der Waals surface area contributed by atoms with E-state index in [0.717, 1.165) is 12.1 Å². The van der Waals surface area contributed by atoms with E-state index in [-0.39, 0.29) is 0 Å². The number of hydrogen-bond donors (Lipinski definition) is 1. The van der Waals surface area contributed by atoms with E-state index in [0.29, 0.717) is 29.7 Å². The predicted molar refractivity (Wildman–Crippen MR) is 68.1 cm³/mol. The number of hydrogen-bond acceptors (Lipinski definition) is 4. The van der Waals surface area contributed by atoms with Crippen LogP contribution in [0.2, 0.25) is 5.02 Å². The lowest BCUT2D eigenvalue weighted by molar-refractivity contribution is 0.199. The van der Waals surface area contributed by atoms with Crippen molar-refractivity contribution in [3.63, 3.8) is 0 Å². The van der Waals surface area contributed by atoms with Gasteiger partial charge in [-0.25, -0.2) is 0 Å². The smallest absolute Gasteiger partial charge is 0.179 e. The number of rotatable bonds is 7. The fraction of sp³-hybridized carbons (Fsp3) is 0.500. The fourth-order valence-corrected chi connectivity index (χ4v) is 1.76. The maximum absolute atomic E-state index is 6.23. The molecule has 0 amide bonds. The van der Waals surface area contributed by atoms with E-state index in [1.807, 2.05) is 12.1 Å². The highest BCUT2D eigenvalue weighted by molar-refractivity contribution is 6.33. The summed E-state index contributed by atoms with van der Waals surface area (Å²) in [6, 6.07) is 3.77. The van der Waals surface area contributed by atoms with Gasteiger partial charge in [0.05, 0.1) is 25.8 Å². The van der Waals surface area contributed by atoms with Crippen molar-refractivity contribution < 1.29 is 14.2 Å². The average Bonchev–Trinajstić information content (AvgIpc) is 2.35. The van der Waals surface area contributed by atoms with Gasteiger partial charge < -0.3 is 19.5 Å². The molecule has 0 radical (unpaired) electrons. The molecule has 0 atom stereocenters. The second-order valence-corrected chi connectivity index (χ2v) is 3.82. The maximum atomic E-state index is 6.23. The Balaban J connectivity index is 2.73. The lowest BCUT2D eigenvalue weighted by Gasteiger charge is -2.13. The molecule has 0 aliphatic rings. The van der Waals surface area contributed by atoms with Gasteiger partial charge in [0.15, 0.2) is 11.5 Å². The first kappa shape index (κ1) is 14.1. The van der Waals surface area contributed by atoms with Gasteiger partial charge in [-0.1, -0.05) is 17.7 Å². The molecular formula is C12H18ClNO3. The molecule has 0 unspecified atom stereocenters. The van der Waals surface area contributed by atoms with Crippen molar-refractivity contribution in [2.45, 2.75) is 6.54 Å². The van der Waals surface area contributed by atoms with Crippen LogP contribution in [0.4, 0.5) is 0 Å². The summed E-state index contributed by atoms with van der Waals surface area (Å²) in [5.41, 5.74) is 0.973. The predicted octanol–water partition coefficient (Wildman–Crippen LogP) is 2.09. The van der Waals surface area contributed by atoms with E-state index in [2.05, 4.69) is 5.32 Å². The molecule has 17 heavy (non-hydrogen) atoms. The van der Waals surface area contributed by atoms with E-state index >= 15 is 0 Å². The monoisotopic (exact) mass is 259 g/mol. The third kappa shape index (κ3) is 3.77. The molecule has 0 fully saturated rings. The molecule has 4 nitrogen and oxygen atoms in total. The van der Waals surface area contributed by atoms with Gasteiger partial charge in [-0.05, 0) is 11.6 Å². The number of benzene rings is 1. The fourth-order valence-electron chi connectivity index (χ4n) is 1.46. The van der Waals surface area contributed by atoms with Crippen molar-refractivity contribution in [2.24, 2.45) is 0 Å². The second kappa shape index (κ2) is 7.37. The topological polar surface area (TPSA) is 39.7 Å². The summed E-state index contributed by atoms with van der Waals surface area (Å²) in [5.74, 6) is 1.21. The standard InChI is InChI=1S/C12H18ClNO3/c1-15-7-6-14-8-9-4-5-10(16-2)12(17-3)11(9)13/h4-5,14H,6-8H2,1-3H3. The first-order chi connectivity index (χ1) is 8.24. The molecule has 1 aromatic rings. The number of halogens is 1. The summed E-state index contributed by atoms with van der Waals surface area (Å²) >= 11 is 6.23. The summed E-state index contributed by atoms with van der Waals surface area (Å²) in [7, 11) is 4.83. The molecule has 0 spiro atoms. The number of methoxy groups -OCH3 is 3. The highest BCUT2D eigenvalue weighted by atomic mass is 35.5. The molecule has 5 heteroatoms. The van der Waals surface area contributed by atoms with Crippen molar-refractivity contribution in [3.05, 3.63) is 22.7 Å². The van der Waals surface area contributed by atoms with Crippen LogP contribution in [0.5, 0.6) is 11.5 Å². The lowest BCUT2D eigenvalue weighted by Crippen LogP contribution is -2.18. The average molecular weight is 260 g/mol. The molecule has 1 rings (SSSR count). The van der Waals surface area contributed by atoms with Gasteiger partial charge in [0.1, 0.15) is 0 Å². The molecule has 1 N–H and O–H groups in total. The molecule has 0 aliphatic heterocycles. The third-order valence-corrected chi connectivity index (χ3v) is 2.78. The Kier molecular flexibility index (Phi) is 6.11. The zero-order valence-electron chi connectivity index (χ0n) is 10.4. The zero-order chi connectivity index (χ0) is 12.7. The van der Waals surface area contributed by atoms with Crippen LogP contribution in [-0.4, -0.2) is 34.5 Å². The van der Waals surface area contributed by atoms with Crippen molar-refractivity contribution >= 4 is 11.6 Å². The number of nitrogens with one attached hydrogen (secondary N) is 1. The minimum atomic E-state index is 0.570. The van der Waals surface area contributed by atoms with Crippen LogP contribution >= 0.6 is 11.6 Å². The SMILES string of the molecule is COCCNCc1ccc(OC)c(OC)c1Cl. The Morgan fingerprint density at radius 3 is 2.53 bits per heavy atom. The van der Waals surface area contributed by atoms with Crippen LogP contribution in [0.3, 0.4) is 0 Å². The molecule has 0 aromatic heterocycles. The first-order valence-corrected chi connectivity index (χ1v) is 5.71. The molecule has 0 bridgehead atoms. The van der Waals surface area contributed by atoms with Crippen LogP contribution in [-0.2, 0) is 11.3 Å². The second-order valence-electron chi connectivity index (χ2n) is 3.44. The largest absolute Gasteiger partial charge is 0.493 e. The van der Waals surface area contributed by atoms with Gasteiger partial charge >= 0.3 is 0 Å². The van der Waals surface area contributed by atoms with E-state index < -0.39 is 0 Å². The van der Waals surface area contributed by atoms with Gasteiger partial charge in [-0.3, -0.25) is 0 Å². The van der Waals surface area contributed by atoms with Gasteiger partial charge in [0, 0.05) is 20.2 Å². The van der Waals surface area contributed by atoms with Crippen LogP contribution in [0.25, 0.3) is 0 Å². The highest BCUT2D eigenvalue weighted by Gasteiger charge is 2.12. The van der Waals surface area contributed by atoms with Gasteiger partial charge in [-0.2, -0.15) is 0 Å². The summed E-state index contributed by atoms with van der Waals surface area (Å²) < 4.78 is 15.3. The van der Waals surface area contributed by atoms with Crippen LogP contribution in [0.1, 0.15) is 5.56 Å². The van der Waals surface area contributed by atoms with Gasteiger partial charge in [-0.15, -0.1) is 0 Å². The molecule has 1 aromatic carbocycles. The van der Waals surface area contributed by atoms with Crippen molar-refractivity contribution in [3.8, 4) is 11.5 Å². The van der Waals surface area contributed by atoms with Gasteiger partial charge in [0.2, 0.25) is 0 Å². The lowest BCUT2D eigenvalue weighted by atomic mass is 10.2. The molecule has 0 aliphatic carbocycles. The van der Waals surface area contributed by atoms with E-state index in [4.69, 9.17) is 25.8 Å². The Hall–Kier alpha value is -0.970. The number of ether oxygens (including phenoxy) is 3. The molecular weight excluding hydrogens is 242 g/mol. The summed E-state index contributed by atoms with van der Waals surface area (Å²) in [5, 5.41) is 3.81.